The molecule has 3 aromatic rings. The van der Waals surface area contributed by atoms with E-state index in [2.05, 4.69) is 5.32 Å². The molecule has 0 aliphatic rings. The summed E-state index contributed by atoms with van der Waals surface area (Å²) in [6.45, 7) is 1.94. The highest BCUT2D eigenvalue weighted by Crippen LogP contribution is 2.30. The Hall–Kier alpha value is -4.35. The van der Waals surface area contributed by atoms with Crippen LogP contribution in [0.25, 0.3) is 6.08 Å². The minimum atomic E-state index is -0.576. The number of non-ortho nitro benzene ring substituents is 1. The third-order valence-corrected chi connectivity index (χ3v) is 5.22. The third kappa shape index (κ3) is 6.12. The number of nitrogens with one attached hydrogen (secondary N) is 1. The fourth-order valence-electron chi connectivity index (χ4n) is 3.00. The van der Waals surface area contributed by atoms with Gasteiger partial charge in [-0.2, -0.15) is 5.26 Å². The van der Waals surface area contributed by atoms with Crippen LogP contribution in [0.4, 0.5) is 11.4 Å². The van der Waals surface area contributed by atoms with E-state index in [1.54, 1.807) is 48.5 Å². The van der Waals surface area contributed by atoms with Gasteiger partial charge in [0.1, 0.15) is 18.2 Å². The zero-order chi connectivity index (χ0) is 24.7. The van der Waals surface area contributed by atoms with Gasteiger partial charge in [0.05, 0.1) is 12.0 Å². The molecule has 0 saturated heterocycles. The fraction of sp³-hybridized carbons (Fsp3) is 0.120. The van der Waals surface area contributed by atoms with Crippen LogP contribution < -0.4 is 14.8 Å². The molecule has 0 aliphatic carbocycles. The van der Waals surface area contributed by atoms with E-state index < -0.39 is 10.8 Å². The van der Waals surface area contributed by atoms with Gasteiger partial charge in [0.15, 0.2) is 11.5 Å². The zero-order valence-electron chi connectivity index (χ0n) is 18.4. The first-order chi connectivity index (χ1) is 16.3. The number of rotatable bonds is 8. The Morgan fingerprint density at radius 3 is 2.65 bits per heavy atom. The summed E-state index contributed by atoms with van der Waals surface area (Å²) in [5.74, 6) is 0.206. The number of aryl methyl sites for hydroxylation is 1. The molecule has 0 radical (unpaired) electrons. The SMILES string of the molecule is COc1cc(/C=C(/C#N)C(=O)Nc2ccc(C)c(Cl)c2)ccc1OCc1cccc([N+](=O)[O-])c1. The Labute approximate surface area is 201 Å². The van der Waals surface area contributed by atoms with Crippen molar-refractivity contribution < 1.29 is 19.2 Å². The van der Waals surface area contributed by atoms with E-state index in [1.807, 2.05) is 13.0 Å². The monoisotopic (exact) mass is 477 g/mol. The van der Waals surface area contributed by atoms with Gasteiger partial charge in [-0.25, -0.2) is 0 Å². The first-order valence-electron chi connectivity index (χ1n) is 10.0. The molecule has 0 unspecified atom stereocenters. The van der Waals surface area contributed by atoms with Gasteiger partial charge in [0, 0.05) is 22.8 Å². The molecule has 8 nitrogen and oxygen atoms in total. The molecular formula is C25H20ClN3O5. The Bertz CT molecular complexity index is 1310. The van der Waals surface area contributed by atoms with E-state index in [4.69, 9.17) is 21.1 Å². The van der Waals surface area contributed by atoms with E-state index in [1.165, 1.54) is 25.3 Å². The van der Waals surface area contributed by atoms with Crippen molar-refractivity contribution in [3.8, 4) is 17.6 Å². The number of nitriles is 1. The third-order valence-electron chi connectivity index (χ3n) is 4.81. The second-order valence-corrected chi connectivity index (χ2v) is 7.62. The molecule has 0 aliphatic heterocycles. The van der Waals surface area contributed by atoms with E-state index in [0.717, 1.165) is 5.56 Å². The Morgan fingerprint density at radius 2 is 1.97 bits per heavy atom. The van der Waals surface area contributed by atoms with Crippen LogP contribution in [-0.4, -0.2) is 17.9 Å². The average molecular weight is 478 g/mol. The van der Waals surface area contributed by atoms with E-state index in [9.17, 15) is 20.2 Å². The van der Waals surface area contributed by atoms with Crippen molar-refractivity contribution in [3.05, 3.63) is 98.1 Å². The summed E-state index contributed by atoms with van der Waals surface area (Å²) in [5.41, 5.74) is 2.39. The highest BCUT2D eigenvalue weighted by molar-refractivity contribution is 6.31. The molecule has 9 heteroatoms. The first-order valence-corrected chi connectivity index (χ1v) is 10.4. The minimum Gasteiger partial charge on any atom is -0.493 e. The van der Waals surface area contributed by atoms with Gasteiger partial charge >= 0.3 is 0 Å². The largest absolute Gasteiger partial charge is 0.493 e. The standard InChI is InChI=1S/C25H20ClN3O5/c1-16-6-8-20(13-22(16)26)28-25(30)19(14-27)10-17-7-9-23(24(12-17)33-2)34-15-18-4-3-5-21(11-18)29(31)32/h3-13H,15H2,1-2H3,(H,28,30)/b19-10-. The smallest absolute Gasteiger partial charge is 0.269 e. The maximum Gasteiger partial charge on any atom is 0.269 e. The van der Waals surface area contributed by atoms with Gasteiger partial charge in [-0.3, -0.25) is 14.9 Å². The molecular weight excluding hydrogens is 458 g/mol. The number of benzene rings is 3. The number of hydrogen-bond acceptors (Lipinski definition) is 6. The highest BCUT2D eigenvalue weighted by Gasteiger charge is 2.13. The molecule has 3 aromatic carbocycles. The quantitative estimate of drug-likeness (QED) is 0.193. The molecule has 0 atom stereocenters. The molecule has 0 fully saturated rings. The summed E-state index contributed by atoms with van der Waals surface area (Å²) < 4.78 is 11.1. The lowest BCUT2D eigenvalue weighted by molar-refractivity contribution is -0.384. The van der Waals surface area contributed by atoms with Gasteiger partial charge in [-0.15, -0.1) is 0 Å². The van der Waals surface area contributed by atoms with Gasteiger partial charge in [-0.1, -0.05) is 35.9 Å². The van der Waals surface area contributed by atoms with Crippen LogP contribution in [0.2, 0.25) is 5.02 Å². The van der Waals surface area contributed by atoms with E-state index in [0.29, 0.717) is 33.3 Å². The maximum absolute atomic E-state index is 12.6. The van der Waals surface area contributed by atoms with Crippen molar-refractivity contribution in [3.63, 3.8) is 0 Å². The van der Waals surface area contributed by atoms with Crippen molar-refractivity contribution in [2.45, 2.75) is 13.5 Å². The van der Waals surface area contributed by atoms with Crippen molar-refractivity contribution in [2.75, 3.05) is 12.4 Å². The molecule has 0 heterocycles. The summed E-state index contributed by atoms with van der Waals surface area (Å²) in [6, 6.07) is 18.0. The molecule has 1 N–H and O–H groups in total. The second-order valence-electron chi connectivity index (χ2n) is 7.21. The van der Waals surface area contributed by atoms with Crippen LogP contribution in [0.5, 0.6) is 11.5 Å². The normalized spacial score (nSPS) is 10.8. The fourth-order valence-corrected chi connectivity index (χ4v) is 3.18. The molecule has 0 saturated carbocycles. The topological polar surface area (TPSA) is 114 Å². The van der Waals surface area contributed by atoms with E-state index >= 15 is 0 Å². The van der Waals surface area contributed by atoms with Gasteiger partial charge in [-0.05, 0) is 54.0 Å². The number of ether oxygens (including phenoxy) is 2. The number of carbonyl (C=O) groups is 1. The summed E-state index contributed by atoms with van der Waals surface area (Å²) >= 11 is 6.09. The Morgan fingerprint density at radius 1 is 1.18 bits per heavy atom. The summed E-state index contributed by atoms with van der Waals surface area (Å²) in [6.07, 6.45) is 1.43. The second kappa shape index (κ2) is 11.0. The lowest BCUT2D eigenvalue weighted by Crippen LogP contribution is -2.13. The van der Waals surface area contributed by atoms with Gasteiger partial charge in [0.2, 0.25) is 0 Å². The number of carbonyl (C=O) groups excluding carboxylic acids is 1. The van der Waals surface area contributed by atoms with Crippen molar-refractivity contribution in [1.82, 2.24) is 0 Å². The Kier molecular flexibility index (Phi) is 7.85. The Balaban J connectivity index is 1.75. The van der Waals surface area contributed by atoms with Crippen LogP contribution in [0, 0.1) is 28.4 Å². The van der Waals surface area contributed by atoms with Crippen molar-refractivity contribution >= 4 is 35.0 Å². The predicted octanol–water partition coefficient (Wildman–Crippen LogP) is 5.69. The first kappa shape index (κ1) is 24.3. The number of hydrogen-bond donors (Lipinski definition) is 1. The zero-order valence-corrected chi connectivity index (χ0v) is 19.1. The van der Waals surface area contributed by atoms with Crippen LogP contribution in [0.15, 0.2) is 66.2 Å². The molecule has 0 spiro atoms. The van der Waals surface area contributed by atoms with Crippen LogP contribution in [-0.2, 0) is 11.4 Å². The van der Waals surface area contributed by atoms with E-state index in [-0.39, 0.29) is 17.9 Å². The predicted molar refractivity (Wildman–Crippen MR) is 129 cm³/mol. The number of nitro benzene ring substituents is 1. The van der Waals surface area contributed by atoms with Gasteiger partial charge < -0.3 is 14.8 Å². The van der Waals surface area contributed by atoms with Crippen LogP contribution in [0.1, 0.15) is 16.7 Å². The van der Waals surface area contributed by atoms with Crippen LogP contribution in [0.3, 0.4) is 0 Å². The molecule has 3 rings (SSSR count). The molecule has 172 valence electrons. The number of amides is 1. The lowest BCUT2D eigenvalue weighted by atomic mass is 10.1. The molecule has 0 bridgehead atoms. The van der Waals surface area contributed by atoms with Gasteiger partial charge in [0.25, 0.3) is 11.6 Å². The summed E-state index contributed by atoms with van der Waals surface area (Å²) in [5, 5.41) is 23.6. The van der Waals surface area contributed by atoms with Crippen molar-refractivity contribution in [1.29, 1.82) is 5.26 Å². The van der Waals surface area contributed by atoms with Crippen LogP contribution >= 0.6 is 11.6 Å². The number of methoxy groups -OCH3 is 1. The molecule has 0 aromatic heterocycles. The lowest BCUT2D eigenvalue weighted by Gasteiger charge is -2.12. The average Bonchev–Trinajstić information content (AvgIpc) is 2.83. The highest BCUT2D eigenvalue weighted by atomic mass is 35.5. The number of nitrogens with zero attached hydrogens (tertiary/aromatic N) is 2. The summed E-state index contributed by atoms with van der Waals surface area (Å²) in [4.78, 5) is 23.0. The van der Waals surface area contributed by atoms with Crippen molar-refractivity contribution in [2.24, 2.45) is 0 Å². The maximum atomic E-state index is 12.6. The summed E-state index contributed by atoms with van der Waals surface area (Å²) in [7, 11) is 1.46. The number of nitro groups is 1. The number of anilines is 1. The number of halogens is 1. The minimum absolute atomic E-state index is 0.0243. The molecule has 1 amide bonds. The molecule has 34 heavy (non-hydrogen) atoms.